The molecule has 0 aliphatic rings. The van der Waals surface area contributed by atoms with Crippen molar-refractivity contribution in [3.8, 4) is 11.3 Å². The monoisotopic (exact) mass is 349 g/mol. The lowest BCUT2D eigenvalue weighted by Crippen LogP contribution is -2.37. The van der Waals surface area contributed by atoms with E-state index in [0.29, 0.717) is 5.39 Å². The molecule has 5 heteroatoms. The third-order valence-electron chi connectivity index (χ3n) is 4.26. The summed E-state index contributed by atoms with van der Waals surface area (Å²) < 4.78 is 1.26. The molecule has 3 aromatic rings. The molecule has 0 saturated carbocycles. The predicted octanol–water partition coefficient (Wildman–Crippen LogP) is 3.20. The van der Waals surface area contributed by atoms with Gasteiger partial charge in [0, 0.05) is 17.0 Å². The Morgan fingerprint density at radius 3 is 2.50 bits per heavy atom. The number of rotatable bonds is 4. The highest BCUT2D eigenvalue weighted by Crippen LogP contribution is 2.28. The fraction of sp³-hybridized carbons (Fsp3) is 0.286. The van der Waals surface area contributed by atoms with Crippen molar-refractivity contribution in [2.75, 3.05) is 0 Å². The molecule has 134 valence electrons. The number of amides is 1. The fourth-order valence-corrected chi connectivity index (χ4v) is 3.04. The molecule has 0 radical (unpaired) electrons. The van der Waals surface area contributed by atoms with Crippen molar-refractivity contribution in [3.63, 3.8) is 0 Å². The van der Waals surface area contributed by atoms with Crippen molar-refractivity contribution in [1.29, 1.82) is 0 Å². The molecule has 3 rings (SSSR count). The van der Waals surface area contributed by atoms with E-state index in [1.807, 2.05) is 58.0 Å². The Hall–Kier alpha value is -2.95. The molecule has 2 aromatic carbocycles. The first-order valence-electron chi connectivity index (χ1n) is 8.73. The zero-order valence-electron chi connectivity index (χ0n) is 15.5. The summed E-state index contributed by atoms with van der Waals surface area (Å²) in [7, 11) is 0. The van der Waals surface area contributed by atoms with E-state index in [1.54, 1.807) is 6.07 Å². The Balaban J connectivity index is 2.22. The van der Waals surface area contributed by atoms with Crippen molar-refractivity contribution < 1.29 is 4.79 Å². The lowest BCUT2D eigenvalue weighted by atomic mass is 9.99. The number of benzene rings is 2. The largest absolute Gasteiger partial charge is 0.352 e. The number of carbonyl (C=O) groups is 1. The molecule has 1 amide bonds. The van der Waals surface area contributed by atoms with E-state index in [-0.39, 0.29) is 24.1 Å². The maximum Gasteiger partial charge on any atom is 0.275 e. The minimum absolute atomic E-state index is 0.0112. The summed E-state index contributed by atoms with van der Waals surface area (Å²) >= 11 is 0. The number of aromatic nitrogens is 2. The highest BCUT2D eigenvalue weighted by molar-refractivity contribution is 5.94. The smallest absolute Gasteiger partial charge is 0.275 e. The second-order valence-electron chi connectivity index (χ2n) is 6.90. The van der Waals surface area contributed by atoms with Gasteiger partial charge in [0.15, 0.2) is 0 Å². The maximum atomic E-state index is 12.8. The van der Waals surface area contributed by atoms with Gasteiger partial charge in [-0.25, -0.2) is 4.68 Å². The quantitative estimate of drug-likeness (QED) is 0.787. The number of nitrogens with zero attached hydrogens (tertiary/aromatic N) is 2. The van der Waals surface area contributed by atoms with E-state index in [4.69, 9.17) is 0 Å². The van der Waals surface area contributed by atoms with E-state index >= 15 is 0 Å². The van der Waals surface area contributed by atoms with Crippen molar-refractivity contribution in [2.24, 2.45) is 0 Å². The standard InChI is InChI=1S/C21H23N3O2/c1-13(2)22-19(25)12-24-21(26)17-8-6-5-7-16(17)20(23-24)18-11-14(3)9-10-15(18)4/h5-11,13H,12H2,1-4H3,(H,22,25). The summed E-state index contributed by atoms with van der Waals surface area (Å²) in [6.07, 6.45) is 0. The van der Waals surface area contributed by atoms with Crippen LogP contribution in [0.25, 0.3) is 22.0 Å². The molecule has 26 heavy (non-hydrogen) atoms. The highest BCUT2D eigenvalue weighted by atomic mass is 16.2. The second kappa shape index (κ2) is 7.12. The average Bonchev–Trinajstić information content (AvgIpc) is 2.59. The van der Waals surface area contributed by atoms with Crippen LogP contribution in [-0.4, -0.2) is 21.7 Å². The van der Waals surface area contributed by atoms with Gasteiger partial charge in [-0.2, -0.15) is 5.10 Å². The van der Waals surface area contributed by atoms with Gasteiger partial charge in [-0.15, -0.1) is 0 Å². The zero-order chi connectivity index (χ0) is 18.8. The number of aryl methyl sites for hydroxylation is 2. The van der Waals surface area contributed by atoms with Crippen LogP contribution in [0.4, 0.5) is 0 Å². The van der Waals surface area contributed by atoms with Crippen LogP contribution in [-0.2, 0) is 11.3 Å². The molecular weight excluding hydrogens is 326 g/mol. The maximum absolute atomic E-state index is 12.8. The Labute approximate surface area is 152 Å². The molecule has 0 aliphatic carbocycles. The summed E-state index contributed by atoms with van der Waals surface area (Å²) in [6, 6.07) is 13.6. The molecule has 1 aromatic heterocycles. The predicted molar refractivity (Wildman–Crippen MR) is 104 cm³/mol. The van der Waals surface area contributed by atoms with Gasteiger partial charge in [-0.1, -0.05) is 35.9 Å². The highest BCUT2D eigenvalue weighted by Gasteiger charge is 2.15. The van der Waals surface area contributed by atoms with Gasteiger partial charge in [-0.3, -0.25) is 9.59 Å². The molecule has 0 spiro atoms. The SMILES string of the molecule is Cc1ccc(C)c(-c2nn(CC(=O)NC(C)C)c(=O)c3ccccc23)c1. The Bertz CT molecular complexity index is 1040. The summed E-state index contributed by atoms with van der Waals surface area (Å²) in [5.74, 6) is -0.225. The molecule has 1 N–H and O–H groups in total. The Morgan fingerprint density at radius 1 is 1.12 bits per heavy atom. The van der Waals surface area contributed by atoms with Crippen LogP contribution in [0.3, 0.4) is 0 Å². The second-order valence-corrected chi connectivity index (χ2v) is 6.90. The number of hydrogen-bond acceptors (Lipinski definition) is 3. The molecule has 0 saturated heterocycles. The Kier molecular flexibility index (Phi) is 4.89. The lowest BCUT2D eigenvalue weighted by Gasteiger charge is -2.14. The Morgan fingerprint density at radius 2 is 1.81 bits per heavy atom. The van der Waals surface area contributed by atoms with Crippen molar-refractivity contribution in [1.82, 2.24) is 15.1 Å². The molecule has 0 aliphatic heterocycles. The zero-order valence-corrected chi connectivity index (χ0v) is 15.5. The van der Waals surface area contributed by atoms with E-state index < -0.39 is 0 Å². The molecule has 5 nitrogen and oxygen atoms in total. The molecule has 0 fully saturated rings. The summed E-state index contributed by atoms with van der Waals surface area (Å²) in [6.45, 7) is 7.72. The van der Waals surface area contributed by atoms with E-state index in [9.17, 15) is 9.59 Å². The van der Waals surface area contributed by atoms with Crippen LogP contribution < -0.4 is 10.9 Å². The normalized spacial score (nSPS) is 11.1. The van der Waals surface area contributed by atoms with Gasteiger partial charge in [0.05, 0.1) is 11.1 Å². The van der Waals surface area contributed by atoms with Gasteiger partial charge in [0.2, 0.25) is 5.91 Å². The van der Waals surface area contributed by atoms with E-state index in [2.05, 4.69) is 16.5 Å². The van der Waals surface area contributed by atoms with Gasteiger partial charge in [0.25, 0.3) is 5.56 Å². The van der Waals surface area contributed by atoms with Crippen molar-refractivity contribution >= 4 is 16.7 Å². The molecule has 1 heterocycles. The first kappa shape index (κ1) is 17.9. The number of hydrogen-bond donors (Lipinski definition) is 1. The summed E-state index contributed by atoms with van der Waals surface area (Å²) in [5, 5.41) is 8.73. The molecule has 0 unspecified atom stereocenters. The van der Waals surface area contributed by atoms with Crippen LogP contribution in [0.15, 0.2) is 47.3 Å². The van der Waals surface area contributed by atoms with Gasteiger partial charge in [0.1, 0.15) is 6.54 Å². The van der Waals surface area contributed by atoms with E-state index in [0.717, 1.165) is 27.8 Å². The number of carbonyl (C=O) groups excluding carboxylic acids is 1. The topological polar surface area (TPSA) is 64.0 Å². The van der Waals surface area contributed by atoms with Gasteiger partial charge in [-0.05, 0) is 45.4 Å². The van der Waals surface area contributed by atoms with Crippen molar-refractivity contribution in [2.45, 2.75) is 40.3 Å². The minimum Gasteiger partial charge on any atom is -0.352 e. The van der Waals surface area contributed by atoms with Crippen molar-refractivity contribution in [3.05, 3.63) is 63.9 Å². The average molecular weight is 349 g/mol. The minimum atomic E-state index is -0.256. The summed E-state index contributed by atoms with van der Waals surface area (Å²) in [5.41, 5.74) is 3.63. The first-order valence-corrected chi connectivity index (χ1v) is 8.73. The van der Waals surface area contributed by atoms with Crippen LogP contribution in [0.1, 0.15) is 25.0 Å². The molecule has 0 atom stereocenters. The van der Waals surface area contributed by atoms with Crippen LogP contribution in [0, 0.1) is 13.8 Å². The van der Waals surface area contributed by atoms with Crippen LogP contribution in [0.5, 0.6) is 0 Å². The molecular formula is C21H23N3O2. The summed E-state index contributed by atoms with van der Waals surface area (Å²) in [4.78, 5) is 25.0. The number of fused-ring (bicyclic) bond motifs is 1. The number of nitrogens with one attached hydrogen (secondary N) is 1. The third-order valence-corrected chi connectivity index (χ3v) is 4.26. The van der Waals surface area contributed by atoms with Gasteiger partial charge < -0.3 is 5.32 Å². The van der Waals surface area contributed by atoms with Crippen LogP contribution >= 0.6 is 0 Å². The fourth-order valence-electron chi connectivity index (χ4n) is 3.04. The van der Waals surface area contributed by atoms with E-state index in [1.165, 1.54) is 4.68 Å². The molecule has 0 bridgehead atoms. The third kappa shape index (κ3) is 3.52. The van der Waals surface area contributed by atoms with Gasteiger partial charge >= 0.3 is 0 Å². The first-order chi connectivity index (χ1) is 12.4. The lowest BCUT2D eigenvalue weighted by molar-refractivity contribution is -0.122. The van der Waals surface area contributed by atoms with Crippen LogP contribution in [0.2, 0.25) is 0 Å².